The molecule has 2 N–H and O–H groups in total. The summed E-state index contributed by atoms with van der Waals surface area (Å²) in [5, 5.41) is 18.2. The fraction of sp³-hybridized carbons (Fsp3) is 0.571. The summed E-state index contributed by atoms with van der Waals surface area (Å²) in [7, 11) is 1.58. The van der Waals surface area contributed by atoms with Gasteiger partial charge in [0.1, 0.15) is 0 Å². The van der Waals surface area contributed by atoms with E-state index in [1.165, 1.54) is 0 Å². The number of hydrogen-bond donors (Lipinski definition) is 2. The Kier molecular flexibility index (Phi) is 6.54. The van der Waals surface area contributed by atoms with Crippen LogP contribution in [-0.4, -0.2) is 30.5 Å². The third kappa shape index (κ3) is 4.55. The molecule has 18 heavy (non-hydrogen) atoms. The quantitative estimate of drug-likeness (QED) is 0.699. The van der Waals surface area contributed by atoms with Gasteiger partial charge >= 0.3 is 0 Å². The van der Waals surface area contributed by atoms with Gasteiger partial charge in [-0.15, -0.1) is 0 Å². The van der Waals surface area contributed by atoms with Gasteiger partial charge in [-0.2, -0.15) is 0 Å². The molecule has 0 aromatic heterocycles. The molecule has 0 heterocycles. The van der Waals surface area contributed by atoms with Crippen LogP contribution in [0, 0.1) is 0 Å². The van der Waals surface area contributed by atoms with Crippen LogP contribution < -0.4 is 9.47 Å². The third-order valence-electron chi connectivity index (χ3n) is 2.73. The van der Waals surface area contributed by atoms with Crippen molar-refractivity contribution in [1.82, 2.24) is 0 Å². The smallest absolute Gasteiger partial charge is 0.161 e. The van der Waals surface area contributed by atoms with Crippen molar-refractivity contribution in [3.05, 3.63) is 23.8 Å². The standard InChI is InChI=1S/C14H22O4/c1-11(16)12-6-7-13(14(10-12)17-2)18-9-5-3-4-8-15/h6-7,10-11,15-16H,3-5,8-9H2,1-2H3/t11-/m1/s1. The molecule has 102 valence electrons. The highest BCUT2D eigenvalue weighted by Gasteiger charge is 2.08. The maximum absolute atomic E-state index is 9.49. The lowest BCUT2D eigenvalue weighted by Crippen LogP contribution is -2.01. The predicted octanol–water partition coefficient (Wildman–Crippen LogP) is 2.29. The average molecular weight is 254 g/mol. The molecule has 0 aliphatic carbocycles. The SMILES string of the molecule is COc1cc([C@@H](C)O)ccc1OCCCCCO. The van der Waals surface area contributed by atoms with E-state index in [1.54, 1.807) is 20.1 Å². The first-order valence-corrected chi connectivity index (χ1v) is 6.28. The molecule has 0 radical (unpaired) electrons. The second kappa shape index (κ2) is 7.95. The molecule has 0 amide bonds. The summed E-state index contributed by atoms with van der Waals surface area (Å²) in [6, 6.07) is 5.43. The van der Waals surface area contributed by atoms with Crippen molar-refractivity contribution < 1.29 is 19.7 Å². The largest absolute Gasteiger partial charge is 0.493 e. The third-order valence-corrected chi connectivity index (χ3v) is 2.73. The zero-order chi connectivity index (χ0) is 13.4. The Balaban J connectivity index is 2.54. The Hall–Kier alpha value is -1.26. The minimum atomic E-state index is -0.516. The van der Waals surface area contributed by atoms with Gasteiger partial charge in [-0.1, -0.05) is 6.07 Å². The van der Waals surface area contributed by atoms with Gasteiger partial charge in [0.2, 0.25) is 0 Å². The normalized spacial score (nSPS) is 12.2. The highest BCUT2D eigenvalue weighted by Crippen LogP contribution is 2.30. The van der Waals surface area contributed by atoms with Gasteiger partial charge in [-0.25, -0.2) is 0 Å². The van der Waals surface area contributed by atoms with Crippen LogP contribution in [0.1, 0.15) is 37.9 Å². The summed E-state index contributed by atoms with van der Waals surface area (Å²) >= 11 is 0. The number of benzene rings is 1. The van der Waals surface area contributed by atoms with Gasteiger partial charge in [-0.3, -0.25) is 0 Å². The fourth-order valence-electron chi connectivity index (χ4n) is 1.64. The molecule has 0 fully saturated rings. The van der Waals surface area contributed by atoms with Gasteiger partial charge < -0.3 is 19.7 Å². The van der Waals surface area contributed by atoms with E-state index in [4.69, 9.17) is 14.6 Å². The summed E-state index contributed by atoms with van der Waals surface area (Å²) in [6.07, 6.45) is 2.14. The second-order valence-corrected chi connectivity index (χ2v) is 4.22. The first-order valence-electron chi connectivity index (χ1n) is 6.28. The minimum Gasteiger partial charge on any atom is -0.493 e. The van der Waals surface area contributed by atoms with Crippen molar-refractivity contribution in [2.75, 3.05) is 20.3 Å². The predicted molar refractivity (Wildman–Crippen MR) is 70.1 cm³/mol. The summed E-state index contributed by atoms with van der Waals surface area (Å²) in [5.74, 6) is 1.32. The van der Waals surface area contributed by atoms with Gasteiger partial charge in [0.15, 0.2) is 11.5 Å². The van der Waals surface area contributed by atoms with E-state index >= 15 is 0 Å². The topological polar surface area (TPSA) is 58.9 Å². The van der Waals surface area contributed by atoms with Gasteiger partial charge in [0.25, 0.3) is 0 Å². The van der Waals surface area contributed by atoms with Crippen LogP contribution in [0.2, 0.25) is 0 Å². The lowest BCUT2D eigenvalue weighted by molar-refractivity contribution is 0.198. The number of rotatable bonds is 8. The molecule has 0 bridgehead atoms. The summed E-state index contributed by atoms with van der Waals surface area (Å²) in [6.45, 7) is 2.54. The minimum absolute atomic E-state index is 0.229. The number of ether oxygens (including phenoxy) is 2. The molecule has 1 rings (SSSR count). The molecular formula is C14H22O4. The van der Waals surface area contributed by atoms with E-state index in [2.05, 4.69) is 0 Å². The van der Waals surface area contributed by atoms with Gasteiger partial charge in [-0.05, 0) is 43.9 Å². The van der Waals surface area contributed by atoms with Gasteiger partial charge in [0.05, 0.1) is 19.8 Å². The Morgan fingerprint density at radius 3 is 2.56 bits per heavy atom. The lowest BCUT2D eigenvalue weighted by Gasteiger charge is -2.13. The molecule has 1 atom stereocenters. The van der Waals surface area contributed by atoms with Crippen molar-refractivity contribution in [2.45, 2.75) is 32.3 Å². The molecule has 0 saturated carbocycles. The monoisotopic (exact) mass is 254 g/mol. The van der Waals surface area contributed by atoms with Crippen LogP contribution in [0.4, 0.5) is 0 Å². The number of hydrogen-bond acceptors (Lipinski definition) is 4. The zero-order valence-electron chi connectivity index (χ0n) is 11.1. The molecule has 1 aromatic carbocycles. The molecular weight excluding hydrogens is 232 g/mol. The van der Waals surface area contributed by atoms with Crippen LogP contribution in [0.3, 0.4) is 0 Å². The van der Waals surface area contributed by atoms with E-state index in [1.807, 2.05) is 12.1 Å². The highest BCUT2D eigenvalue weighted by molar-refractivity contribution is 5.43. The fourth-order valence-corrected chi connectivity index (χ4v) is 1.64. The van der Waals surface area contributed by atoms with Gasteiger partial charge in [0, 0.05) is 6.61 Å². The van der Waals surface area contributed by atoms with Crippen molar-refractivity contribution in [3.63, 3.8) is 0 Å². The van der Waals surface area contributed by atoms with Crippen molar-refractivity contribution in [1.29, 1.82) is 0 Å². The zero-order valence-corrected chi connectivity index (χ0v) is 11.1. The lowest BCUT2D eigenvalue weighted by atomic mass is 10.1. The number of methoxy groups -OCH3 is 1. The van der Waals surface area contributed by atoms with Crippen molar-refractivity contribution in [2.24, 2.45) is 0 Å². The van der Waals surface area contributed by atoms with Crippen LogP contribution in [0.5, 0.6) is 11.5 Å². The summed E-state index contributed by atoms with van der Waals surface area (Å²) in [4.78, 5) is 0. The van der Waals surface area contributed by atoms with E-state index in [0.29, 0.717) is 18.1 Å². The summed E-state index contributed by atoms with van der Waals surface area (Å²) < 4.78 is 10.9. The maximum atomic E-state index is 9.49. The molecule has 4 nitrogen and oxygen atoms in total. The molecule has 0 saturated heterocycles. The second-order valence-electron chi connectivity index (χ2n) is 4.22. The van der Waals surface area contributed by atoms with Crippen LogP contribution in [0.15, 0.2) is 18.2 Å². The molecule has 1 aromatic rings. The van der Waals surface area contributed by atoms with Crippen LogP contribution in [0.25, 0.3) is 0 Å². The molecule has 0 aliphatic heterocycles. The van der Waals surface area contributed by atoms with E-state index in [-0.39, 0.29) is 6.61 Å². The van der Waals surface area contributed by atoms with Crippen LogP contribution in [-0.2, 0) is 0 Å². The number of aliphatic hydroxyl groups excluding tert-OH is 2. The Labute approximate surface area is 108 Å². The van der Waals surface area contributed by atoms with E-state index in [9.17, 15) is 5.11 Å². The Morgan fingerprint density at radius 1 is 1.17 bits per heavy atom. The molecule has 4 heteroatoms. The average Bonchev–Trinajstić information content (AvgIpc) is 2.38. The Morgan fingerprint density at radius 2 is 1.94 bits per heavy atom. The van der Waals surface area contributed by atoms with Crippen LogP contribution >= 0.6 is 0 Å². The molecule has 0 spiro atoms. The number of aliphatic hydroxyl groups is 2. The molecule has 0 unspecified atom stereocenters. The van der Waals surface area contributed by atoms with E-state index < -0.39 is 6.10 Å². The summed E-state index contributed by atoms with van der Waals surface area (Å²) in [5.41, 5.74) is 0.805. The first-order chi connectivity index (χ1) is 8.69. The van der Waals surface area contributed by atoms with Crippen molar-refractivity contribution >= 4 is 0 Å². The first kappa shape index (κ1) is 14.8. The number of unbranched alkanes of at least 4 members (excludes halogenated alkanes) is 2. The Bertz CT molecular complexity index is 350. The highest BCUT2D eigenvalue weighted by atomic mass is 16.5. The van der Waals surface area contributed by atoms with Crippen molar-refractivity contribution in [3.8, 4) is 11.5 Å². The van der Waals surface area contributed by atoms with E-state index in [0.717, 1.165) is 24.8 Å². The maximum Gasteiger partial charge on any atom is 0.161 e. The molecule has 0 aliphatic rings.